The molecule has 0 unspecified atom stereocenters. The minimum absolute atomic E-state index is 0.0873. The van der Waals surface area contributed by atoms with Crippen molar-refractivity contribution >= 4 is 42.6 Å². The minimum atomic E-state index is -0.105. The second-order valence-electron chi connectivity index (χ2n) is 2.92. The second kappa shape index (κ2) is 3.44. The first-order valence-electron chi connectivity index (χ1n) is 3.89. The lowest BCUT2D eigenvalue weighted by Crippen LogP contribution is -1.77. The van der Waals surface area contributed by atoms with Crippen LogP contribution >= 0.6 is 31.9 Å². The van der Waals surface area contributed by atoms with Gasteiger partial charge in [-0.3, -0.25) is 0 Å². The molecular weight excluding hydrogens is 312 g/mol. The van der Waals surface area contributed by atoms with Crippen molar-refractivity contribution in [3.05, 3.63) is 33.2 Å². The van der Waals surface area contributed by atoms with Gasteiger partial charge in [0.1, 0.15) is 0 Å². The van der Waals surface area contributed by atoms with Gasteiger partial charge in [0.25, 0.3) is 0 Å². The Morgan fingerprint density at radius 3 is 2.29 bits per heavy atom. The zero-order chi connectivity index (χ0) is 10.3. The van der Waals surface area contributed by atoms with E-state index >= 15 is 0 Å². The molecule has 0 heterocycles. The number of rotatable bonds is 0. The van der Waals surface area contributed by atoms with Crippen molar-refractivity contribution in [3.63, 3.8) is 0 Å². The summed E-state index contributed by atoms with van der Waals surface area (Å²) in [6.45, 7) is 0. The van der Waals surface area contributed by atoms with E-state index in [2.05, 4.69) is 31.9 Å². The summed E-state index contributed by atoms with van der Waals surface area (Å²) < 4.78 is 1.75. The monoisotopic (exact) mass is 316 g/mol. The molecule has 2 aromatic carbocycles. The lowest BCUT2D eigenvalue weighted by molar-refractivity contribution is 0.408. The third-order valence-corrected chi connectivity index (χ3v) is 3.86. The molecule has 14 heavy (non-hydrogen) atoms. The topological polar surface area (TPSA) is 40.5 Å². The van der Waals surface area contributed by atoms with Crippen LogP contribution in [0.15, 0.2) is 33.2 Å². The van der Waals surface area contributed by atoms with Crippen molar-refractivity contribution in [2.45, 2.75) is 0 Å². The third kappa shape index (κ3) is 1.48. The van der Waals surface area contributed by atoms with Crippen molar-refractivity contribution in [3.8, 4) is 11.5 Å². The highest BCUT2D eigenvalue weighted by atomic mass is 79.9. The lowest BCUT2D eigenvalue weighted by Gasteiger charge is -2.05. The zero-order valence-electron chi connectivity index (χ0n) is 6.96. The highest BCUT2D eigenvalue weighted by Gasteiger charge is 2.07. The smallest absolute Gasteiger partial charge is 0.165 e. The highest BCUT2D eigenvalue weighted by molar-refractivity contribution is 9.13. The van der Waals surface area contributed by atoms with Gasteiger partial charge in [0.05, 0.1) is 0 Å². The first-order chi connectivity index (χ1) is 6.59. The Bertz CT molecular complexity index is 509. The molecule has 4 heteroatoms. The largest absolute Gasteiger partial charge is 0.504 e. The van der Waals surface area contributed by atoms with Gasteiger partial charge < -0.3 is 10.2 Å². The standard InChI is InChI=1S/C10H6Br2O2/c11-7-3-5-1-2-9(13)10(14)6(5)4-8(7)12/h1-4,13-14H. The van der Waals surface area contributed by atoms with E-state index in [9.17, 15) is 10.2 Å². The molecule has 2 nitrogen and oxygen atoms in total. The number of fused-ring (bicyclic) bond motifs is 1. The maximum atomic E-state index is 9.59. The van der Waals surface area contributed by atoms with Gasteiger partial charge in [0.2, 0.25) is 0 Å². The Labute approximate surface area is 97.4 Å². The molecule has 0 spiro atoms. The van der Waals surface area contributed by atoms with Gasteiger partial charge in [-0.05, 0) is 55.4 Å². The number of aromatic hydroxyl groups is 2. The molecule has 0 saturated heterocycles. The fourth-order valence-electron chi connectivity index (χ4n) is 1.29. The molecule has 0 radical (unpaired) electrons. The molecule has 0 aliphatic heterocycles. The number of benzene rings is 2. The first kappa shape index (κ1) is 9.80. The molecule has 2 aromatic rings. The van der Waals surface area contributed by atoms with E-state index in [0.29, 0.717) is 5.39 Å². The Morgan fingerprint density at radius 2 is 1.57 bits per heavy atom. The number of hydrogen-bond acceptors (Lipinski definition) is 2. The van der Waals surface area contributed by atoms with E-state index in [4.69, 9.17) is 0 Å². The molecule has 0 bridgehead atoms. The summed E-state index contributed by atoms with van der Waals surface area (Å²) in [4.78, 5) is 0. The van der Waals surface area contributed by atoms with Crippen LogP contribution < -0.4 is 0 Å². The zero-order valence-corrected chi connectivity index (χ0v) is 10.1. The number of hydrogen-bond donors (Lipinski definition) is 2. The van der Waals surface area contributed by atoms with Crippen molar-refractivity contribution < 1.29 is 10.2 Å². The van der Waals surface area contributed by atoms with Crippen LogP contribution in [-0.4, -0.2) is 10.2 Å². The average molecular weight is 318 g/mol. The Hall–Kier alpha value is -0.740. The van der Waals surface area contributed by atoms with Crippen LogP contribution in [0.1, 0.15) is 0 Å². The molecule has 0 atom stereocenters. The summed E-state index contributed by atoms with van der Waals surface area (Å²) in [7, 11) is 0. The third-order valence-electron chi connectivity index (χ3n) is 2.01. The molecule has 0 fully saturated rings. The highest BCUT2D eigenvalue weighted by Crippen LogP contribution is 2.37. The molecule has 2 rings (SSSR count). The van der Waals surface area contributed by atoms with Crippen LogP contribution in [0, 0.1) is 0 Å². The maximum Gasteiger partial charge on any atom is 0.165 e. The number of halogens is 2. The van der Waals surface area contributed by atoms with E-state index < -0.39 is 0 Å². The van der Waals surface area contributed by atoms with Crippen molar-refractivity contribution in [2.24, 2.45) is 0 Å². The van der Waals surface area contributed by atoms with Crippen molar-refractivity contribution in [1.82, 2.24) is 0 Å². The van der Waals surface area contributed by atoms with E-state index in [-0.39, 0.29) is 11.5 Å². The predicted octanol–water partition coefficient (Wildman–Crippen LogP) is 3.78. The van der Waals surface area contributed by atoms with E-state index in [0.717, 1.165) is 14.3 Å². The Morgan fingerprint density at radius 1 is 0.929 bits per heavy atom. The summed E-state index contributed by atoms with van der Waals surface area (Å²) >= 11 is 6.70. The molecule has 0 saturated carbocycles. The lowest BCUT2D eigenvalue weighted by atomic mass is 10.1. The van der Waals surface area contributed by atoms with Crippen LogP contribution in [0.25, 0.3) is 10.8 Å². The van der Waals surface area contributed by atoms with E-state index in [1.165, 1.54) is 6.07 Å². The summed E-state index contributed by atoms with van der Waals surface area (Å²) in [5, 5.41) is 20.4. The Balaban J connectivity index is 2.89. The van der Waals surface area contributed by atoms with E-state index in [1.54, 1.807) is 12.1 Å². The van der Waals surface area contributed by atoms with Crippen LogP contribution in [0.3, 0.4) is 0 Å². The average Bonchev–Trinajstić information content (AvgIpc) is 2.15. The molecular formula is C10H6Br2O2. The molecule has 0 amide bonds. The van der Waals surface area contributed by atoms with Crippen LogP contribution in [0.2, 0.25) is 0 Å². The summed E-state index contributed by atoms with van der Waals surface area (Å²) in [6, 6.07) is 6.85. The predicted molar refractivity (Wildman–Crippen MR) is 62.7 cm³/mol. The summed E-state index contributed by atoms with van der Waals surface area (Å²) in [5.74, 6) is -0.192. The van der Waals surface area contributed by atoms with Gasteiger partial charge in [-0.2, -0.15) is 0 Å². The molecule has 72 valence electrons. The quantitative estimate of drug-likeness (QED) is 0.726. The van der Waals surface area contributed by atoms with Crippen LogP contribution in [0.5, 0.6) is 11.5 Å². The van der Waals surface area contributed by atoms with Crippen molar-refractivity contribution in [1.29, 1.82) is 0 Å². The SMILES string of the molecule is Oc1ccc2cc(Br)c(Br)cc2c1O. The second-order valence-corrected chi connectivity index (χ2v) is 4.63. The van der Waals surface area contributed by atoms with Crippen molar-refractivity contribution in [2.75, 3.05) is 0 Å². The molecule has 0 aliphatic rings. The summed E-state index contributed by atoms with van der Waals surface area (Å²) in [6.07, 6.45) is 0. The van der Waals surface area contributed by atoms with Gasteiger partial charge in [0, 0.05) is 14.3 Å². The fourth-order valence-corrected chi connectivity index (χ4v) is 2.00. The molecule has 0 aromatic heterocycles. The first-order valence-corrected chi connectivity index (χ1v) is 5.48. The summed E-state index contributed by atoms with van der Waals surface area (Å²) in [5.41, 5.74) is 0. The molecule has 0 aliphatic carbocycles. The minimum Gasteiger partial charge on any atom is -0.504 e. The van der Waals surface area contributed by atoms with Gasteiger partial charge in [-0.25, -0.2) is 0 Å². The van der Waals surface area contributed by atoms with Gasteiger partial charge in [-0.1, -0.05) is 6.07 Å². The van der Waals surface area contributed by atoms with Gasteiger partial charge in [0.15, 0.2) is 11.5 Å². The van der Waals surface area contributed by atoms with Crippen LogP contribution in [-0.2, 0) is 0 Å². The number of phenols is 2. The fraction of sp³-hybridized carbons (Fsp3) is 0. The van der Waals surface area contributed by atoms with Crippen LogP contribution in [0.4, 0.5) is 0 Å². The van der Waals surface area contributed by atoms with E-state index in [1.807, 2.05) is 6.07 Å². The normalized spacial score (nSPS) is 10.7. The number of phenolic OH excluding ortho intramolecular Hbond substituents is 2. The van der Waals surface area contributed by atoms with Gasteiger partial charge in [-0.15, -0.1) is 0 Å². The maximum absolute atomic E-state index is 9.59. The van der Waals surface area contributed by atoms with Gasteiger partial charge >= 0.3 is 0 Å². The molecule has 2 N–H and O–H groups in total. The Kier molecular flexibility index (Phi) is 2.41.